The number of carboxylic acid groups (broad SMARTS) is 1. The molecule has 6 unspecified atom stereocenters. The minimum Gasteiger partial charge on any atom is -0.508 e. The average molecular weight is 1050 g/mol. The number of aliphatic carboxylic acids is 1. The number of phenolic OH excluding ortho intramolecular Hbond substituents is 2. The van der Waals surface area contributed by atoms with E-state index in [-0.39, 0.29) is 62.5 Å². The third-order valence-electron chi connectivity index (χ3n) is 11.2. The molecule has 3 rings (SSSR count). The summed E-state index contributed by atoms with van der Waals surface area (Å²) in [6.45, 7) is 3.40. The zero-order valence-electron chi connectivity index (χ0n) is 41.0. The molecule has 0 saturated heterocycles. The zero-order chi connectivity index (χ0) is 52.8. The summed E-state index contributed by atoms with van der Waals surface area (Å²) in [7, 11) is 6.11. The van der Waals surface area contributed by atoms with Crippen molar-refractivity contribution < 1.29 is 53.4 Å². The van der Waals surface area contributed by atoms with Crippen molar-refractivity contribution in [2.75, 3.05) is 40.8 Å². The summed E-state index contributed by atoms with van der Waals surface area (Å²) in [5, 5.41) is 45.2. The van der Waals surface area contributed by atoms with Crippen LogP contribution in [0.25, 0.3) is 0 Å². The first-order valence-corrected chi connectivity index (χ1v) is 24.1. The van der Waals surface area contributed by atoms with Crippen molar-refractivity contribution in [2.24, 2.45) is 28.1 Å². The zero-order valence-corrected chi connectivity index (χ0v) is 42.5. The number of quaternary nitrogens is 1. The van der Waals surface area contributed by atoms with Crippen LogP contribution in [0.4, 0.5) is 0 Å². The number of hydrogen-bond donors (Lipinski definition) is 12. The van der Waals surface area contributed by atoms with Gasteiger partial charge < -0.3 is 68.9 Å². The number of phenols is 2. The lowest BCUT2D eigenvalue weighted by Crippen LogP contribution is -2.58. The molecule has 0 bridgehead atoms. The van der Waals surface area contributed by atoms with Crippen LogP contribution in [-0.2, 0) is 52.8 Å². The summed E-state index contributed by atoms with van der Waals surface area (Å²) in [5.41, 5.74) is 19.2. The molecule has 6 atom stereocenters. The van der Waals surface area contributed by atoms with Crippen molar-refractivity contribution in [3.63, 3.8) is 0 Å². The minimum absolute atomic E-state index is 0.0143. The number of unbranched alkanes of at least 4 members (excludes halogenated alkanes) is 1. The van der Waals surface area contributed by atoms with Gasteiger partial charge in [-0.2, -0.15) is 0 Å². The number of carboxylic acids is 1. The Kier molecular flexibility index (Phi) is 23.7. The van der Waals surface area contributed by atoms with Crippen molar-refractivity contribution in [3.05, 3.63) is 94.0 Å². The highest BCUT2D eigenvalue weighted by molar-refractivity contribution is 9.10. The van der Waals surface area contributed by atoms with Gasteiger partial charge >= 0.3 is 5.97 Å². The first-order valence-electron chi connectivity index (χ1n) is 23.3. The number of carbonyl (C=O) groups is 7. The van der Waals surface area contributed by atoms with Crippen LogP contribution < -0.4 is 49.1 Å². The van der Waals surface area contributed by atoms with Crippen LogP contribution in [0.1, 0.15) is 62.6 Å². The van der Waals surface area contributed by atoms with E-state index in [0.29, 0.717) is 22.0 Å². The van der Waals surface area contributed by atoms with E-state index in [9.17, 15) is 48.9 Å². The van der Waals surface area contributed by atoms with Crippen molar-refractivity contribution in [3.8, 4) is 11.5 Å². The quantitative estimate of drug-likeness (QED) is 0.0195. The van der Waals surface area contributed by atoms with Crippen molar-refractivity contribution in [1.29, 1.82) is 0 Å². The van der Waals surface area contributed by atoms with Gasteiger partial charge in [-0.15, -0.1) is 0 Å². The molecule has 0 aromatic heterocycles. The second kappa shape index (κ2) is 28.8. The molecule has 388 valence electrons. The number of hydrogen-bond acceptors (Lipinski definition) is 11. The molecule has 0 spiro atoms. The Balaban J connectivity index is 1.88. The van der Waals surface area contributed by atoms with Crippen LogP contribution in [0.5, 0.6) is 11.5 Å². The lowest BCUT2D eigenvalue weighted by atomic mass is 10.0. The number of nitrogens with two attached hydrogens (primary N) is 3. The first-order chi connectivity index (χ1) is 33.4. The van der Waals surface area contributed by atoms with Crippen LogP contribution in [0, 0.1) is 5.92 Å². The maximum atomic E-state index is 14.3. The van der Waals surface area contributed by atoms with Gasteiger partial charge in [0.25, 0.3) is 0 Å². The molecule has 71 heavy (non-hydrogen) atoms. The first kappa shape index (κ1) is 58.5. The van der Waals surface area contributed by atoms with Gasteiger partial charge in [-0.25, -0.2) is 4.79 Å². The molecular formula is C49H71BrN11O10+. The van der Waals surface area contributed by atoms with E-state index >= 15 is 0 Å². The number of benzene rings is 3. The highest BCUT2D eigenvalue weighted by Crippen LogP contribution is 2.16. The van der Waals surface area contributed by atoms with Crippen LogP contribution in [-0.4, -0.2) is 144 Å². The van der Waals surface area contributed by atoms with Gasteiger partial charge in [0.15, 0.2) is 5.96 Å². The highest BCUT2D eigenvalue weighted by Gasteiger charge is 2.32. The number of nitrogens with zero attached hydrogens (tertiary/aromatic N) is 2. The maximum Gasteiger partial charge on any atom is 0.326 e. The number of guanidine groups is 1. The van der Waals surface area contributed by atoms with Gasteiger partial charge in [0.1, 0.15) is 41.7 Å². The Hall–Kier alpha value is -6.78. The lowest BCUT2D eigenvalue weighted by Gasteiger charge is -2.27. The number of nitrogens with one attached hydrogen (secondary N) is 6. The molecule has 0 aliphatic rings. The van der Waals surface area contributed by atoms with E-state index < -0.39 is 90.1 Å². The summed E-state index contributed by atoms with van der Waals surface area (Å²) >= 11 is 3.39. The molecule has 0 fully saturated rings. The fourth-order valence-corrected chi connectivity index (χ4v) is 7.49. The number of amides is 6. The third-order valence-corrected chi connectivity index (χ3v) is 11.7. The summed E-state index contributed by atoms with van der Waals surface area (Å²) in [5.74, 6) is -6.58. The summed E-state index contributed by atoms with van der Waals surface area (Å²) in [6.07, 6.45) is 1.61. The molecule has 3 aromatic carbocycles. The van der Waals surface area contributed by atoms with E-state index in [1.165, 1.54) is 48.5 Å². The largest absolute Gasteiger partial charge is 0.508 e. The van der Waals surface area contributed by atoms with Crippen molar-refractivity contribution in [1.82, 2.24) is 31.9 Å². The van der Waals surface area contributed by atoms with Crippen molar-refractivity contribution in [2.45, 2.75) is 101 Å². The van der Waals surface area contributed by atoms with E-state index in [1.807, 2.05) is 45.4 Å². The van der Waals surface area contributed by atoms with E-state index in [2.05, 4.69) is 52.8 Å². The summed E-state index contributed by atoms with van der Waals surface area (Å²) in [4.78, 5) is 98.9. The number of halogens is 1. The number of aromatic hydroxyl groups is 2. The Bertz CT molecular complexity index is 2270. The number of aliphatic imine (C=N–C) groups is 1. The van der Waals surface area contributed by atoms with E-state index in [0.717, 1.165) is 23.0 Å². The smallest absolute Gasteiger partial charge is 0.326 e. The maximum absolute atomic E-state index is 14.3. The Morgan fingerprint density at radius 1 is 0.606 bits per heavy atom. The van der Waals surface area contributed by atoms with Gasteiger partial charge in [-0.3, -0.25) is 33.8 Å². The monoisotopic (exact) mass is 1050 g/mol. The number of carbonyl (C=O) groups excluding carboxylic acids is 6. The average Bonchev–Trinajstić information content (AvgIpc) is 3.30. The van der Waals surface area contributed by atoms with Crippen molar-refractivity contribution >= 4 is 63.3 Å². The second-order valence-electron chi connectivity index (χ2n) is 18.7. The van der Waals surface area contributed by atoms with E-state index in [1.54, 1.807) is 13.8 Å². The van der Waals surface area contributed by atoms with Gasteiger partial charge in [0, 0.05) is 23.9 Å². The van der Waals surface area contributed by atoms with Gasteiger partial charge in [-0.05, 0) is 97.5 Å². The molecule has 0 aliphatic heterocycles. The predicted octanol–water partition coefficient (Wildman–Crippen LogP) is 0.426. The molecule has 22 heteroatoms. The minimum atomic E-state index is -1.38. The summed E-state index contributed by atoms with van der Waals surface area (Å²) in [6, 6.07) is 11.6. The normalized spacial score (nSPS) is 13.8. The highest BCUT2D eigenvalue weighted by atomic mass is 79.9. The second-order valence-corrected chi connectivity index (χ2v) is 19.6. The van der Waals surface area contributed by atoms with Crippen LogP contribution in [0.3, 0.4) is 0 Å². The van der Waals surface area contributed by atoms with E-state index in [4.69, 9.17) is 17.2 Å². The molecule has 3 aromatic rings. The molecule has 0 heterocycles. The Morgan fingerprint density at radius 3 is 1.55 bits per heavy atom. The fraction of sp³-hybridized carbons (Fsp3) is 0.469. The molecule has 15 N–H and O–H groups in total. The molecule has 0 saturated carbocycles. The lowest BCUT2D eigenvalue weighted by molar-refractivity contribution is -0.870. The summed E-state index contributed by atoms with van der Waals surface area (Å²) < 4.78 is 1.53. The molecular weight excluding hydrogens is 983 g/mol. The predicted molar refractivity (Wildman–Crippen MR) is 271 cm³/mol. The molecule has 0 radical (unpaired) electrons. The number of rotatable bonds is 29. The molecule has 6 amide bonds. The Labute approximate surface area is 422 Å². The Morgan fingerprint density at radius 2 is 1.06 bits per heavy atom. The topological polar surface area (TPSA) is 343 Å². The van der Waals surface area contributed by atoms with Gasteiger partial charge in [0.05, 0.1) is 40.3 Å². The van der Waals surface area contributed by atoms with Crippen LogP contribution in [0.2, 0.25) is 0 Å². The fourth-order valence-electron chi connectivity index (χ4n) is 7.22. The third kappa shape index (κ3) is 22.2. The van der Waals surface area contributed by atoms with Crippen LogP contribution >= 0.6 is 15.9 Å². The standard InChI is InChI=1S/C49H70BrN11O10/c1-29(2)42(48(70)71)60-47(69)40(27-32-15-21-35(63)22-16-32)56-41(64)28-55-44(66)39(26-31-13-19-34(62)20-14-31)59-46(68)38(10-8-23-54-49(52)53)58-45(67)37(9-6-7-24-61(3,4)5)57-43(65)36(51)25-30-11-17-33(50)18-12-30/h11-22,29,36-40,42H,6-10,23-28,51H2,1-5H3,(H12-,52,53,54,55,56,57,58,59,60,62,63,64,65,66,67,68,69,70,71)/p+1. The molecule has 0 aliphatic carbocycles. The van der Waals surface area contributed by atoms with Crippen LogP contribution in [0.15, 0.2) is 82.3 Å². The SMILES string of the molecule is CC(C)C(NC(=O)C(Cc1ccc(O)cc1)NC(=O)CNC(=O)C(Cc1ccc(O)cc1)NC(=O)C(CCCN=C(N)N)NC(=O)C(CCCC[N+](C)(C)C)NC(=O)C(N)Cc1ccc(Br)cc1)C(=O)O. The van der Waals surface area contributed by atoms with Gasteiger partial charge in [-0.1, -0.05) is 66.2 Å². The van der Waals surface area contributed by atoms with Gasteiger partial charge in [0.2, 0.25) is 35.4 Å². The molecule has 21 nitrogen and oxygen atoms in total.